The fraction of sp³-hybridized carbons (Fsp3) is 0.0455. The number of ketones is 1. The van der Waals surface area contributed by atoms with Crippen LogP contribution in [0.25, 0.3) is 0 Å². The van der Waals surface area contributed by atoms with Crippen molar-refractivity contribution in [1.82, 2.24) is 0 Å². The van der Waals surface area contributed by atoms with Crippen LogP contribution >= 0.6 is 15.9 Å². The molecule has 3 aromatic carbocycles. The number of para-hydroxylation sites is 2. The molecule has 5 heteroatoms. The van der Waals surface area contributed by atoms with Gasteiger partial charge in [0, 0.05) is 28.0 Å². The fourth-order valence-electron chi connectivity index (χ4n) is 2.37. The molecule has 3 aromatic rings. The molecule has 0 aliphatic carbocycles. The highest BCUT2D eigenvalue weighted by atomic mass is 79.9. The van der Waals surface area contributed by atoms with Gasteiger partial charge < -0.3 is 14.8 Å². The second kappa shape index (κ2) is 9.05. The maximum absolute atomic E-state index is 12.1. The van der Waals surface area contributed by atoms with E-state index in [1.165, 1.54) is 6.08 Å². The molecule has 0 unspecified atom stereocenters. The van der Waals surface area contributed by atoms with Crippen molar-refractivity contribution < 1.29 is 14.3 Å². The summed E-state index contributed by atoms with van der Waals surface area (Å²) in [5, 5.41) is 3.08. The van der Waals surface area contributed by atoms with Crippen LogP contribution in [0.4, 0.5) is 5.69 Å². The second-order valence-corrected chi connectivity index (χ2v) is 6.54. The maximum Gasteiger partial charge on any atom is 0.187 e. The average molecular weight is 424 g/mol. The fourth-order valence-corrected chi connectivity index (χ4v) is 2.64. The lowest BCUT2D eigenvalue weighted by atomic mass is 10.1. The number of halogens is 1. The number of benzene rings is 3. The molecule has 0 heterocycles. The van der Waals surface area contributed by atoms with E-state index in [2.05, 4.69) is 21.2 Å². The minimum atomic E-state index is -0.0638. The molecule has 0 aliphatic heterocycles. The van der Waals surface area contributed by atoms with Crippen LogP contribution in [0.2, 0.25) is 0 Å². The lowest BCUT2D eigenvalue weighted by Gasteiger charge is -2.10. The molecular weight excluding hydrogens is 406 g/mol. The number of allylic oxidation sites excluding steroid dienone is 1. The first-order valence-electron chi connectivity index (χ1n) is 8.29. The van der Waals surface area contributed by atoms with Crippen LogP contribution in [-0.4, -0.2) is 12.9 Å². The molecular formula is C22H18BrNO3. The lowest BCUT2D eigenvalue weighted by molar-refractivity contribution is 0.104. The van der Waals surface area contributed by atoms with Crippen molar-refractivity contribution in [2.24, 2.45) is 0 Å². The van der Waals surface area contributed by atoms with Crippen LogP contribution in [0.1, 0.15) is 10.4 Å². The third kappa shape index (κ3) is 5.21. The molecule has 1 N–H and O–H groups in total. The molecule has 0 saturated heterocycles. The molecule has 0 saturated carbocycles. The van der Waals surface area contributed by atoms with E-state index in [1.54, 1.807) is 25.4 Å². The summed E-state index contributed by atoms with van der Waals surface area (Å²) in [6.07, 6.45) is 3.13. The van der Waals surface area contributed by atoms with Crippen LogP contribution in [0.3, 0.4) is 0 Å². The number of methoxy groups -OCH3 is 1. The van der Waals surface area contributed by atoms with Crippen molar-refractivity contribution in [3.63, 3.8) is 0 Å². The van der Waals surface area contributed by atoms with Crippen LogP contribution in [0, 0.1) is 0 Å². The number of anilines is 1. The molecule has 0 spiro atoms. The number of nitrogens with one attached hydrogen (secondary N) is 1. The van der Waals surface area contributed by atoms with Gasteiger partial charge in [0.1, 0.15) is 5.75 Å². The third-order valence-corrected chi connectivity index (χ3v) is 4.29. The molecule has 0 amide bonds. The van der Waals surface area contributed by atoms with Gasteiger partial charge in [-0.3, -0.25) is 4.79 Å². The number of carbonyl (C=O) groups excluding carboxylic acids is 1. The largest absolute Gasteiger partial charge is 0.493 e. The van der Waals surface area contributed by atoms with Crippen molar-refractivity contribution in [3.8, 4) is 17.2 Å². The summed E-state index contributed by atoms with van der Waals surface area (Å²) in [6.45, 7) is 0. The van der Waals surface area contributed by atoms with Gasteiger partial charge in [0.15, 0.2) is 17.3 Å². The number of rotatable bonds is 7. The highest BCUT2D eigenvalue weighted by molar-refractivity contribution is 9.10. The Hall–Kier alpha value is -3.05. The zero-order valence-electron chi connectivity index (χ0n) is 14.7. The van der Waals surface area contributed by atoms with E-state index in [-0.39, 0.29) is 5.78 Å². The van der Waals surface area contributed by atoms with Crippen LogP contribution in [-0.2, 0) is 0 Å². The Bertz CT molecular complexity index is 935. The smallest absolute Gasteiger partial charge is 0.187 e. The van der Waals surface area contributed by atoms with Crippen LogP contribution < -0.4 is 14.8 Å². The molecule has 0 bridgehead atoms. The first-order chi connectivity index (χ1) is 13.2. The van der Waals surface area contributed by atoms with E-state index in [4.69, 9.17) is 9.47 Å². The molecule has 0 aromatic heterocycles. The first-order valence-corrected chi connectivity index (χ1v) is 9.09. The number of ether oxygens (including phenoxy) is 2. The Morgan fingerprint density at radius 2 is 1.59 bits per heavy atom. The van der Waals surface area contributed by atoms with E-state index in [0.717, 1.165) is 10.2 Å². The summed E-state index contributed by atoms with van der Waals surface area (Å²) in [7, 11) is 1.61. The van der Waals surface area contributed by atoms with Gasteiger partial charge in [-0.15, -0.1) is 0 Å². The van der Waals surface area contributed by atoms with Gasteiger partial charge >= 0.3 is 0 Å². The van der Waals surface area contributed by atoms with Gasteiger partial charge in [-0.2, -0.15) is 0 Å². The topological polar surface area (TPSA) is 47.6 Å². The molecule has 0 fully saturated rings. The predicted molar refractivity (Wildman–Crippen MR) is 111 cm³/mol. The molecule has 0 radical (unpaired) electrons. The standard InChI is InChI=1S/C22H18BrNO3/c1-26-21-4-2-3-5-22(21)27-19-12-10-18(11-13-19)24-15-14-20(25)16-6-8-17(23)9-7-16/h2-15,24H,1H3/b15-14+. The van der Waals surface area contributed by atoms with Gasteiger partial charge in [-0.05, 0) is 60.7 Å². The predicted octanol–water partition coefficient (Wildman–Crippen LogP) is 6.06. The summed E-state index contributed by atoms with van der Waals surface area (Å²) >= 11 is 3.35. The normalized spacial score (nSPS) is 10.6. The number of carbonyl (C=O) groups is 1. The van der Waals surface area contributed by atoms with Gasteiger partial charge in [-0.25, -0.2) is 0 Å². The van der Waals surface area contributed by atoms with Crippen LogP contribution in [0.15, 0.2) is 89.5 Å². The molecule has 4 nitrogen and oxygen atoms in total. The maximum atomic E-state index is 12.1. The Labute approximate surface area is 166 Å². The first kappa shape index (κ1) is 18.7. The summed E-state index contributed by atoms with van der Waals surface area (Å²) in [6, 6.07) is 22.2. The van der Waals surface area contributed by atoms with Gasteiger partial charge in [0.2, 0.25) is 0 Å². The summed E-state index contributed by atoms with van der Waals surface area (Å²) in [4.78, 5) is 12.1. The van der Waals surface area contributed by atoms with Gasteiger partial charge in [0.25, 0.3) is 0 Å². The summed E-state index contributed by atoms with van der Waals surface area (Å²) in [5.41, 5.74) is 1.49. The van der Waals surface area contributed by atoms with E-state index >= 15 is 0 Å². The molecule has 0 atom stereocenters. The van der Waals surface area contributed by atoms with Crippen molar-refractivity contribution in [3.05, 3.63) is 95.1 Å². The van der Waals surface area contributed by atoms with Crippen LogP contribution in [0.5, 0.6) is 17.2 Å². The van der Waals surface area contributed by atoms with E-state index in [9.17, 15) is 4.79 Å². The van der Waals surface area contributed by atoms with Gasteiger partial charge in [-0.1, -0.05) is 28.1 Å². The molecule has 136 valence electrons. The Kier molecular flexibility index (Phi) is 6.28. The highest BCUT2D eigenvalue weighted by Gasteiger charge is 2.04. The average Bonchev–Trinajstić information content (AvgIpc) is 2.70. The zero-order chi connectivity index (χ0) is 19.1. The van der Waals surface area contributed by atoms with Crippen molar-refractivity contribution in [2.75, 3.05) is 12.4 Å². The third-order valence-electron chi connectivity index (χ3n) is 3.76. The van der Waals surface area contributed by atoms with E-state index in [1.807, 2.05) is 60.7 Å². The van der Waals surface area contributed by atoms with Gasteiger partial charge in [0.05, 0.1) is 7.11 Å². The molecule has 0 aliphatic rings. The number of hydrogen-bond acceptors (Lipinski definition) is 4. The zero-order valence-corrected chi connectivity index (χ0v) is 16.3. The van der Waals surface area contributed by atoms with E-state index in [0.29, 0.717) is 22.8 Å². The summed E-state index contributed by atoms with van der Waals surface area (Å²) in [5.74, 6) is 1.96. The number of hydrogen-bond donors (Lipinski definition) is 1. The van der Waals surface area contributed by atoms with E-state index < -0.39 is 0 Å². The molecule has 27 heavy (non-hydrogen) atoms. The summed E-state index contributed by atoms with van der Waals surface area (Å²) < 4.78 is 12.1. The monoisotopic (exact) mass is 423 g/mol. The minimum absolute atomic E-state index is 0.0638. The quantitative estimate of drug-likeness (QED) is 0.370. The minimum Gasteiger partial charge on any atom is -0.493 e. The highest BCUT2D eigenvalue weighted by Crippen LogP contribution is 2.31. The Morgan fingerprint density at radius 1 is 0.926 bits per heavy atom. The Balaban J connectivity index is 1.59. The molecule has 3 rings (SSSR count). The van der Waals surface area contributed by atoms with Crippen molar-refractivity contribution in [1.29, 1.82) is 0 Å². The van der Waals surface area contributed by atoms with Crippen molar-refractivity contribution in [2.45, 2.75) is 0 Å². The Morgan fingerprint density at radius 3 is 2.26 bits per heavy atom. The van der Waals surface area contributed by atoms with Crippen molar-refractivity contribution >= 4 is 27.4 Å². The second-order valence-electron chi connectivity index (χ2n) is 5.63. The SMILES string of the molecule is COc1ccccc1Oc1ccc(N/C=C/C(=O)c2ccc(Br)cc2)cc1. The lowest BCUT2D eigenvalue weighted by Crippen LogP contribution is -1.96.